The van der Waals surface area contributed by atoms with Crippen LogP contribution in [0.3, 0.4) is 0 Å². The van der Waals surface area contributed by atoms with E-state index in [9.17, 15) is 4.79 Å². The molecule has 32 heavy (non-hydrogen) atoms. The Kier molecular flexibility index (Phi) is 7.32. The average Bonchev–Trinajstić information content (AvgIpc) is 2.93. The van der Waals surface area contributed by atoms with Gasteiger partial charge < -0.3 is 4.74 Å². The maximum Gasteiger partial charge on any atom is 0.338 e. The zero-order valence-corrected chi connectivity index (χ0v) is 21.1. The van der Waals surface area contributed by atoms with Crippen LogP contribution >= 0.6 is 0 Å². The number of ether oxygens (including phenoxy) is 1. The normalized spacial score (nSPS) is 16.7. The molecule has 0 saturated heterocycles. The van der Waals surface area contributed by atoms with Crippen molar-refractivity contribution in [2.45, 2.75) is 91.4 Å². The molecule has 0 spiro atoms. The van der Waals surface area contributed by atoms with Crippen LogP contribution < -0.4 is 0 Å². The van der Waals surface area contributed by atoms with Gasteiger partial charge in [-0.05, 0) is 89.0 Å². The summed E-state index contributed by atoms with van der Waals surface area (Å²) in [6.45, 7) is 16.5. The Morgan fingerprint density at radius 3 is 2.19 bits per heavy atom. The van der Waals surface area contributed by atoms with Gasteiger partial charge in [-0.3, -0.25) is 0 Å². The summed E-state index contributed by atoms with van der Waals surface area (Å²) >= 11 is 0. The Labute approximate surface area is 195 Å². The molecule has 3 rings (SSSR count). The van der Waals surface area contributed by atoms with Crippen molar-refractivity contribution in [1.29, 1.82) is 0 Å². The van der Waals surface area contributed by atoms with E-state index in [1.165, 1.54) is 47.1 Å². The molecule has 0 saturated carbocycles. The van der Waals surface area contributed by atoms with Crippen LogP contribution in [-0.4, -0.2) is 12.6 Å². The maximum atomic E-state index is 12.1. The predicted octanol–water partition coefficient (Wildman–Crippen LogP) is 8.12. The quantitative estimate of drug-likeness (QED) is 0.311. The van der Waals surface area contributed by atoms with Gasteiger partial charge in [0.05, 0.1) is 12.2 Å². The number of hydrogen-bond acceptors (Lipinski definition) is 2. The fourth-order valence-corrected chi connectivity index (χ4v) is 5.32. The van der Waals surface area contributed by atoms with Gasteiger partial charge in [0.1, 0.15) is 0 Å². The molecular formula is C30H40O2. The minimum atomic E-state index is -0.246. The van der Waals surface area contributed by atoms with Crippen LogP contribution in [0.4, 0.5) is 0 Å². The number of fused-ring (bicyclic) bond motifs is 1. The van der Waals surface area contributed by atoms with Gasteiger partial charge in [-0.15, -0.1) is 0 Å². The summed E-state index contributed by atoms with van der Waals surface area (Å²) in [6, 6.07) is 12.7. The summed E-state index contributed by atoms with van der Waals surface area (Å²) < 4.78 is 5.25. The summed E-state index contributed by atoms with van der Waals surface area (Å²) in [5.74, 6) is -0.246. The van der Waals surface area contributed by atoms with Gasteiger partial charge in [0.25, 0.3) is 0 Å². The van der Waals surface area contributed by atoms with Crippen molar-refractivity contribution < 1.29 is 9.53 Å². The second-order valence-corrected chi connectivity index (χ2v) is 10.7. The number of hydrogen-bond donors (Lipinski definition) is 0. The molecule has 0 unspecified atom stereocenters. The summed E-state index contributed by atoms with van der Waals surface area (Å²) in [5.41, 5.74) is 9.27. The van der Waals surface area contributed by atoms with Gasteiger partial charge in [0.15, 0.2) is 0 Å². The smallest absolute Gasteiger partial charge is 0.338 e. The van der Waals surface area contributed by atoms with E-state index in [2.05, 4.69) is 59.8 Å². The predicted molar refractivity (Wildman–Crippen MR) is 136 cm³/mol. The van der Waals surface area contributed by atoms with Gasteiger partial charge in [-0.2, -0.15) is 0 Å². The zero-order valence-electron chi connectivity index (χ0n) is 21.1. The molecule has 0 atom stereocenters. The molecule has 0 radical (unpaired) electrons. The molecule has 1 aliphatic rings. The van der Waals surface area contributed by atoms with Crippen LogP contribution in [0.1, 0.15) is 112 Å². The first-order chi connectivity index (χ1) is 15.1. The average molecular weight is 433 g/mol. The van der Waals surface area contributed by atoms with Crippen molar-refractivity contribution in [2.75, 3.05) is 6.61 Å². The lowest BCUT2D eigenvalue weighted by atomic mass is 9.82. The summed E-state index contributed by atoms with van der Waals surface area (Å²) in [5, 5.41) is 0. The molecule has 2 heteroatoms. The highest BCUT2D eigenvalue weighted by Gasteiger charge is 2.42. The van der Waals surface area contributed by atoms with Crippen LogP contribution in [0.5, 0.6) is 0 Å². The highest BCUT2D eigenvalue weighted by molar-refractivity contribution is 5.90. The molecule has 2 aromatic carbocycles. The van der Waals surface area contributed by atoms with Crippen molar-refractivity contribution in [3.8, 4) is 0 Å². The van der Waals surface area contributed by atoms with E-state index in [0.717, 1.165) is 18.4 Å². The molecule has 0 fully saturated rings. The Hall–Kier alpha value is -2.35. The topological polar surface area (TPSA) is 26.3 Å². The largest absolute Gasteiger partial charge is 0.462 e. The lowest BCUT2D eigenvalue weighted by Gasteiger charge is -2.22. The third kappa shape index (κ3) is 5.17. The number of allylic oxidation sites excluding steroid dienone is 1. The minimum Gasteiger partial charge on any atom is -0.462 e. The summed E-state index contributed by atoms with van der Waals surface area (Å²) in [7, 11) is 0. The lowest BCUT2D eigenvalue weighted by molar-refractivity contribution is 0.0505. The van der Waals surface area contributed by atoms with E-state index < -0.39 is 0 Å². The number of carbonyl (C=O) groups is 1. The number of benzene rings is 2. The van der Waals surface area contributed by atoms with Crippen LogP contribution in [0.25, 0.3) is 11.6 Å². The number of carbonyl (C=O) groups excluding carboxylic acids is 1. The van der Waals surface area contributed by atoms with Crippen LogP contribution in [0.2, 0.25) is 0 Å². The second-order valence-electron chi connectivity index (χ2n) is 10.7. The van der Waals surface area contributed by atoms with E-state index in [1.807, 2.05) is 31.2 Å². The molecule has 0 amide bonds. The zero-order chi connectivity index (χ0) is 23.5. The van der Waals surface area contributed by atoms with Gasteiger partial charge in [-0.25, -0.2) is 4.79 Å². The third-order valence-electron chi connectivity index (χ3n) is 6.78. The van der Waals surface area contributed by atoms with Crippen molar-refractivity contribution in [1.82, 2.24) is 0 Å². The summed E-state index contributed by atoms with van der Waals surface area (Å²) in [4.78, 5) is 12.1. The van der Waals surface area contributed by atoms with Crippen molar-refractivity contribution in [2.24, 2.45) is 0 Å². The highest BCUT2D eigenvalue weighted by Crippen LogP contribution is 2.50. The Bertz CT molecular complexity index is 990. The van der Waals surface area contributed by atoms with Crippen molar-refractivity contribution >= 4 is 17.6 Å². The van der Waals surface area contributed by atoms with Gasteiger partial charge in [0, 0.05) is 0 Å². The highest BCUT2D eigenvalue weighted by atomic mass is 16.5. The SMILES string of the molecule is CCCCc1cc2c(cc1/C(C)=C/c1ccc(C(=O)OCCC)cc1)C(C)(C)CC2(C)C. The van der Waals surface area contributed by atoms with E-state index in [0.29, 0.717) is 12.2 Å². The first-order valence-corrected chi connectivity index (χ1v) is 12.2. The van der Waals surface area contributed by atoms with Crippen LogP contribution in [0, 0.1) is 0 Å². The van der Waals surface area contributed by atoms with Crippen LogP contribution in [0.15, 0.2) is 36.4 Å². The Morgan fingerprint density at radius 1 is 0.969 bits per heavy atom. The molecule has 172 valence electrons. The van der Waals surface area contributed by atoms with E-state index in [4.69, 9.17) is 4.74 Å². The molecule has 0 aliphatic heterocycles. The number of esters is 1. The molecule has 0 bridgehead atoms. The summed E-state index contributed by atoms with van der Waals surface area (Å²) in [6.07, 6.45) is 7.78. The third-order valence-corrected chi connectivity index (χ3v) is 6.78. The minimum absolute atomic E-state index is 0.192. The Balaban J connectivity index is 1.97. The van der Waals surface area contributed by atoms with Gasteiger partial charge in [-0.1, -0.05) is 78.3 Å². The molecule has 0 N–H and O–H groups in total. The fourth-order valence-electron chi connectivity index (χ4n) is 5.32. The van der Waals surface area contributed by atoms with Crippen molar-refractivity contribution in [3.05, 3.63) is 69.8 Å². The first-order valence-electron chi connectivity index (χ1n) is 12.2. The molecule has 0 heterocycles. The van der Waals surface area contributed by atoms with E-state index in [-0.39, 0.29) is 16.8 Å². The number of rotatable bonds is 8. The second kappa shape index (κ2) is 9.65. The standard InChI is InChI=1S/C30H40O2/c1-8-10-11-24-18-26-27(30(6,7)20-29(26,4)5)19-25(24)21(3)17-22-12-14-23(15-13-22)28(31)32-16-9-2/h12-15,17-19H,8-11,16,20H2,1-7H3/b21-17+. The molecule has 2 nitrogen and oxygen atoms in total. The van der Waals surface area contributed by atoms with E-state index >= 15 is 0 Å². The number of aryl methyl sites for hydroxylation is 1. The number of unbranched alkanes of at least 4 members (excludes halogenated alkanes) is 1. The van der Waals surface area contributed by atoms with E-state index in [1.54, 1.807) is 0 Å². The van der Waals surface area contributed by atoms with Gasteiger partial charge in [0.2, 0.25) is 0 Å². The monoisotopic (exact) mass is 432 g/mol. The molecule has 0 aromatic heterocycles. The molecular weight excluding hydrogens is 392 g/mol. The maximum absolute atomic E-state index is 12.1. The molecule has 1 aliphatic carbocycles. The molecule has 2 aromatic rings. The van der Waals surface area contributed by atoms with Crippen LogP contribution in [-0.2, 0) is 22.0 Å². The van der Waals surface area contributed by atoms with Gasteiger partial charge >= 0.3 is 5.97 Å². The Morgan fingerprint density at radius 2 is 1.59 bits per heavy atom. The van der Waals surface area contributed by atoms with Crippen molar-refractivity contribution in [3.63, 3.8) is 0 Å². The fraction of sp³-hybridized carbons (Fsp3) is 0.500. The lowest BCUT2D eigenvalue weighted by Crippen LogP contribution is -2.18. The first kappa shape index (κ1) is 24.3.